The monoisotopic (exact) mass is 268 g/mol. The molecule has 1 atom stereocenters. The van der Waals surface area contributed by atoms with Crippen LogP contribution in [0.15, 0.2) is 28.7 Å². The zero-order chi connectivity index (χ0) is 10.7. The molecule has 15 heavy (non-hydrogen) atoms. The fraction of sp³-hybridized carbons (Fsp3) is 0.364. The predicted molar refractivity (Wildman–Crippen MR) is 62.9 cm³/mol. The summed E-state index contributed by atoms with van der Waals surface area (Å²) in [5.74, 6) is 0.0104. The maximum absolute atomic E-state index is 11.8. The number of carbonyl (C=O) groups is 1. The fourth-order valence-electron chi connectivity index (χ4n) is 1.65. The molecule has 0 spiro atoms. The van der Waals surface area contributed by atoms with Crippen LogP contribution in [-0.2, 0) is 0 Å². The smallest absolute Gasteiger partial charge is 0.251 e. The molecular formula is C11H13BrN2O. The second-order valence-electron chi connectivity index (χ2n) is 3.67. The Labute approximate surface area is 97.4 Å². The Kier molecular flexibility index (Phi) is 3.38. The van der Waals surface area contributed by atoms with E-state index in [1.165, 1.54) is 0 Å². The summed E-state index contributed by atoms with van der Waals surface area (Å²) in [7, 11) is 0. The van der Waals surface area contributed by atoms with Gasteiger partial charge in [-0.15, -0.1) is 0 Å². The number of carbonyl (C=O) groups excluding carboxylic acids is 1. The van der Waals surface area contributed by atoms with Gasteiger partial charge in [-0.1, -0.05) is 15.9 Å². The van der Waals surface area contributed by atoms with E-state index in [0.717, 1.165) is 24.0 Å². The van der Waals surface area contributed by atoms with E-state index in [9.17, 15) is 4.79 Å². The van der Waals surface area contributed by atoms with Gasteiger partial charge >= 0.3 is 0 Å². The molecule has 1 aromatic carbocycles. The van der Waals surface area contributed by atoms with Gasteiger partial charge in [0.15, 0.2) is 0 Å². The van der Waals surface area contributed by atoms with Gasteiger partial charge in [0, 0.05) is 22.6 Å². The van der Waals surface area contributed by atoms with Gasteiger partial charge in [-0.25, -0.2) is 0 Å². The van der Waals surface area contributed by atoms with Crippen molar-refractivity contribution in [3.8, 4) is 0 Å². The molecule has 0 bridgehead atoms. The van der Waals surface area contributed by atoms with Crippen LogP contribution in [0.25, 0.3) is 0 Å². The van der Waals surface area contributed by atoms with Crippen LogP contribution in [0.5, 0.6) is 0 Å². The number of amides is 1. The first kappa shape index (κ1) is 10.6. The third-order valence-electron chi connectivity index (χ3n) is 2.50. The molecule has 2 N–H and O–H groups in total. The third-order valence-corrected chi connectivity index (χ3v) is 3.03. The third kappa shape index (κ3) is 2.79. The highest BCUT2D eigenvalue weighted by Gasteiger charge is 2.17. The first-order valence-electron chi connectivity index (χ1n) is 5.03. The number of halogens is 1. The first-order valence-corrected chi connectivity index (χ1v) is 5.82. The van der Waals surface area contributed by atoms with Gasteiger partial charge in [-0.05, 0) is 37.2 Å². The Morgan fingerprint density at radius 1 is 1.40 bits per heavy atom. The minimum Gasteiger partial charge on any atom is -0.348 e. The van der Waals surface area contributed by atoms with Gasteiger partial charge in [-0.3, -0.25) is 4.79 Å². The highest BCUT2D eigenvalue weighted by molar-refractivity contribution is 9.10. The van der Waals surface area contributed by atoms with Gasteiger partial charge in [0.2, 0.25) is 0 Å². The van der Waals surface area contributed by atoms with Crippen molar-refractivity contribution in [1.29, 1.82) is 0 Å². The highest BCUT2D eigenvalue weighted by atomic mass is 79.9. The van der Waals surface area contributed by atoms with Crippen LogP contribution in [0, 0.1) is 0 Å². The van der Waals surface area contributed by atoms with Crippen molar-refractivity contribution in [3.63, 3.8) is 0 Å². The first-order chi connectivity index (χ1) is 7.25. The van der Waals surface area contributed by atoms with Gasteiger partial charge in [0.1, 0.15) is 0 Å². The Morgan fingerprint density at radius 3 is 2.73 bits per heavy atom. The van der Waals surface area contributed by atoms with E-state index in [4.69, 9.17) is 0 Å². The van der Waals surface area contributed by atoms with E-state index in [0.29, 0.717) is 5.56 Å². The van der Waals surface area contributed by atoms with Gasteiger partial charge in [0.25, 0.3) is 5.91 Å². The lowest BCUT2D eigenvalue weighted by Gasteiger charge is -2.10. The van der Waals surface area contributed by atoms with Crippen LogP contribution >= 0.6 is 15.9 Å². The molecule has 0 saturated carbocycles. The molecular weight excluding hydrogens is 256 g/mol. The van der Waals surface area contributed by atoms with E-state index in [-0.39, 0.29) is 11.9 Å². The van der Waals surface area contributed by atoms with Crippen molar-refractivity contribution in [2.45, 2.75) is 12.5 Å². The van der Waals surface area contributed by atoms with E-state index < -0.39 is 0 Å². The van der Waals surface area contributed by atoms with Crippen molar-refractivity contribution in [2.24, 2.45) is 0 Å². The van der Waals surface area contributed by atoms with Gasteiger partial charge < -0.3 is 10.6 Å². The van der Waals surface area contributed by atoms with E-state index in [1.54, 1.807) is 0 Å². The minimum absolute atomic E-state index is 0.0104. The molecule has 80 valence electrons. The average molecular weight is 269 g/mol. The molecule has 1 aromatic rings. The molecule has 1 aliphatic heterocycles. The molecule has 1 saturated heterocycles. The summed E-state index contributed by atoms with van der Waals surface area (Å²) in [4.78, 5) is 11.8. The average Bonchev–Trinajstić information content (AvgIpc) is 2.71. The molecule has 0 radical (unpaired) electrons. The van der Waals surface area contributed by atoms with Crippen molar-refractivity contribution >= 4 is 21.8 Å². The highest BCUT2D eigenvalue weighted by Crippen LogP contribution is 2.10. The molecule has 2 rings (SSSR count). The molecule has 0 aliphatic carbocycles. The number of benzene rings is 1. The Morgan fingerprint density at radius 2 is 2.13 bits per heavy atom. The zero-order valence-electron chi connectivity index (χ0n) is 8.29. The lowest BCUT2D eigenvalue weighted by molar-refractivity contribution is 0.0940. The summed E-state index contributed by atoms with van der Waals surface area (Å²) in [5.41, 5.74) is 0.713. The molecule has 1 heterocycles. The van der Waals surface area contributed by atoms with E-state index >= 15 is 0 Å². The number of rotatable bonds is 2. The second-order valence-corrected chi connectivity index (χ2v) is 4.59. The van der Waals surface area contributed by atoms with Gasteiger partial charge in [-0.2, -0.15) is 0 Å². The van der Waals surface area contributed by atoms with Crippen molar-refractivity contribution in [1.82, 2.24) is 10.6 Å². The number of hydrogen-bond acceptors (Lipinski definition) is 2. The summed E-state index contributed by atoms with van der Waals surface area (Å²) >= 11 is 3.34. The minimum atomic E-state index is 0.0104. The zero-order valence-corrected chi connectivity index (χ0v) is 9.88. The van der Waals surface area contributed by atoms with Crippen LogP contribution in [-0.4, -0.2) is 25.0 Å². The fourth-order valence-corrected chi connectivity index (χ4v) is 1.91. The largest absolute Gasteiger partial charge is 0.348 e. The standard InChI is InChI=1S/C11H13BrN2O/c12-9-3-1-8(2-4-9)11(15)14-10-5-6-13-7-10/h1-4,10,13H,5-7H2,(H,14,15). The van der Waals surface area contributed by atoms with Crippen LogP contribution in [0.4, 0.5) is 0 Å². The van der Waals surface area contributed by atoms with Crippen LogP contribution in [0.3, 0.4) is 0 Å². The predicted octanol–water partition coefficient (Wildman–Crippen LogP) is 1.54. The van der Waals surface area contributed by atoms with Crippen molar-refractivity contribution < 1.29 is 4.79 Å². The molecule has 3 nitrogen and oxygen atoms in total. The van der Waals surface area contributed by atoms with Gasteiger partial charge in [0.05, 0.1) is 0 Å². The summed E-state index contributed by atoms with van der Waals surface area (Å²) in [6.07, 6.45) is 1.02. The Balaban J connectivity index is 1.98. The Hall–Kier alpha value is -0.870. The maximum Gasteiger partial charge on any atom is 0.251 e. The van der Waals surface area contributed by atoms with Crippen molar-refractivity contribution in [3.05, 3.63) is 34.3 Å². The molecule has 1 aliphatic rings. The molecule has 4 heteroatoms. The lowest BCUT2D eigenvalue weighted by Crippen LogP contribution is -2.36. The molecule has 1 fully saturated rings. The summed E-state index contributed by atoms with van der Waals surface area (Å²) in [6.45, 7) is 1.87. The van der Waals surface area contributed by atoms with Crippen LogP contribution in [0.2, 0.25) is 0 Å². The second kappa shape index (κ2) is 4.77. The summed E-state index contributed by atoms with van der Waals surface area (Å²) in [6, 6.07) is 7.67. The summed E-state index contributed by atoms with van der Waals surface area (Å²) in [5, 5.41) is 6.21. The quantitative estimate of drug-likeness (QED) is 0.855. The van der Waals surface area contributed by atoms with Crippen LogP contribution < -0.4 is 10.6 Å². The normalized spacial score (nSPS) is 20.2. The SMILES string of the molecule is O=C(NC1CCNC1)c1ccc(Br)cc1. The Bertz CT molecular complexity index is 344. The topological polar surface area (TPSA) is 41.1 Å². The lowest BCUT2D eigenvalue weighted by atomic mass is 10.2. The molecule has 1 unspecified atom stereocenters. The summed E-state index contributed by atoms with van der Waals surface area (Å²) < 4.78 is 0.988. The molecule has 1 amide bonds. The van der Waals surface area contributed by atoms with Crippen molar-refractivity contribution in [2.75, 3.05) is 13.1 Å². The van der Waals surface area contributed by atoms with E-state index in [1.807, 2.05) is 24.3 Å². The van der Waals surface area contributed by atoms with E-state index in [2.05, 4.69) is 26.6 Å². The molecule has 0 aromatic heterocycles. The van der Waals surface area contributed by atoms with Crippen LogP contribution in [0.1, 0.15) is 16.8 Å². The number of hydrogen-bond donors (Lipinski definition) is 2. The number of nitrogens with one attached hydrogen (secondary N) is 2. The maximum atomic E-state index is 11.8.